The maximum Gasteiger partial charge on any atom is 0.328 e. The Morgan fingerprint density at radius 2 is 2.18 bits per heavy atom. The van der Waals surface area contributed by atoms with Gasteiger partial charge in [0.2, 0.25) is 0 Å². The molecule has 1 atom stereocenters. The van der Waals surface area contributed by atoms with Crippen molar-refractivity contribution in [1.29, 1.82) is 0 Å². The van der Waals surface area contributed by atoms with Gasteiger partial charge in [0.1, 0.15) is 5.54 Å². The number of hydrogen-bond donors (Lipinski definition) is 2. The Morgan fingerprint density at radius 1 is 1.47 bits per heavy atom. The molecule has 0 bridgehead atoms. The monoisotopic (exact) mass is 251 g/mol. The molecular formula is C13H17NO2S. The quantitative estimate of drug-likeness (QED) is 0.866. The molecule has 1 unspecified atom stereocenters. The second kappa shape index (κ2) is 4.70. The van der Waals surface area contributed by atoms with Gasteiger partial charge in [0.25, 0.3) is 0 Å². The van der Waals surface area contributed by atoms with Crippen molar-refractivity contribution in [3.63, 3.8) is 0 Å². The van der Waals surface area contributed by atoms with Gasteiger partial charge in [0, 0.05) is 16.7 Å². The lowest BCUT2D eigenvalue weighted by molar-refractivity contribution is -0.146. The van der Waals surface area contributed by atoms with Crippen LogP contribution in [0.15, 0.2) is 29.2 Å². The highest BCUT2D eigenvalue weighted by Gasteiger charge is 2.44. The van der Waals surface area contributed by atoms with Crippen molar-refractivity contribution in [2.24, 2.45) is 0 Å². The molecule has 1 aliphatic heterocycles. The summed E-state index contributed by atoms with van der Waals surface area (Å²) in [5.41, 5.74) is -0.0202. The number of hydrogen-bond acceptors (Lipinski definition) is 3. The normalized spacial score (nSPS) is 23.5. The molecule has 0 aromatic heterocycles. The molecule has 2 rings (SSSR count). The number of nitrogens with one attached hydrogen (secondary N) is 1. The van der Waals surface area contributed by atoms with Crippen LogP contribution < -0.4 is 5.32 Å². The number of carboxylic acids is 1. The van der Waals surface area contributed by atoms with Gasteiger partial charge in [-0.15, -0.1) is 11.8 Å². The fourth-order valence-corrected chi connectivity index (χ4v) is 3.52. The maximum atomic E-state index is 11.7. The lowest BCUT2D eigenvalue weighted by atomic mass is 9.86. The lowest BCUT2D eigenvalue weighted by Gasteiger charge is -2.37. The highest BCUT2D eigenvalue weighted by Crippen LogP contribution is 2.40. The summed E-state index contributed by atoms with van der Waals surface area (Å²) in [6.07, 6.45) is 0.627. The highest BCUT2D eigenvalue weighted by molar-refractivity contribution is 7.99. The zero-order chi connectivity index (χ0) is 12.5. The highest BCUT2D eigenvalue weighted by atomic mass is 32.2. The summed E-state index contributed by atoms with van der Waals surface area (Å²) in [6.45, 7) is 3.96. The summed E-state index contributed by atoms with van der Waals surface area (Å²) < 4.78 is 0. The number of thioether (sulfide) groups is 1. The van der Waals surface area contributed by atoms with E-state index in [0.717, 1.165) is 16.2 Å². The average Bonchev–Trinajstić information content (AvgIpc) is 2.28. The maximum absolute atomic E-state index is 11.7. The van der Waals surface area contributed by atoms with Crippen LogP contribution in [0.25, 0.3) is 0 Å². The number of aliphatic carboxylic acids is 1. The zero-order valence-corrected chi connectivity index (χ0v) is 10.9. The summed E-state index contributed by atoms with van der Waals surface area (Å²) >= 11 is 1.73. The molecule has 0 saturated carbocycles. The van der Waals surface area contributed by atoms with Gasteiger partial charge in [0.15, 0.2) is 0 Å². The molecule has 0 fully saturated rings. The first-order valence-electron chi connectivity index (χ1n) is 5.79. The SMILES string of the molecule is CC(C)NC1(C(=O)O)CCSc2ccccc21. The van der Waals surface area contributed by atoms with E-state index < -0.39 is 11.5 Å². The van der Waals surface area contributed by atoms with Gasteiger partial charge in [-0.2, -0.15) is 0 Å². The Morgan fingerprint density at radius 3 is 2.82 bits per heavy atom. The molecule has 0 spiro atoms. The van der Waals surface area contributed by atoms with Crippen molar-refractivity contribution in [1.82, 2.24) is 5.32 Å². The Kier molecular flexibility index (Phi) is 3.45. The van der Waals surface area contributed by atoms with Gasteiger partial charge >= 0.3 is 5.97 Å². The summed E-state index contributed by atoms with van der Waals surface area (Å²) in [6, 6.07) is 7.93. The van der Waals surface area contributed by atoms with Gasteiger partial charge in [-0.05, 0) is 31.9 Å². The third-order valence-electron chi connectivity index (χ3n) is 2.98. The van der Waals surface area contributed by atoms with E-state index in [2.05, 4.69) is 5.32 Å². The first-order valence-corrected chi connectivity index (χ1v) is 6.78. The Balaban J connectivity index is 2.51. The molecule has 3 nitrogen and oxygen atoms in total. The van der Waals surface area contributed by atoms with Crippen molar-refractivity contribution < 1.29 is 9.90 Å². The Bertz CT molecular complexity index is 433. The second-order valence-corrected chi connectivity index (χ2v) is 5.74. The van der Waals surface area contributed by atoms with E-state index in [4.69, 9.17) is 0 Å². The first kappa shape index (κ1) is 12.5. The van der Waals surface area contributed by atoms with Gasteiger partial charge in [-0.1, -0.05) is 18.2 Å². The molecule has 1 aromatic rings. The Labute approximate surface area is 106 Å². The van der Waals surface area contributed by atoms with Crippen LogP contribution in [0.3, 0.4) is 0 Å². The fraction of sp³-hybridized carbons (Fsp3) is 0.462. The molecule has 0 radical (unpaired) electrons. The van der Waals surface area contributed by atoms with Crippen LogP contribution in [0.2, 0.25) is 0 Å². The van der Waals surface area contributed by atoms with Crippen LogP contribution in [0.5, 0.6) is 0 Å². The van der Waals surface area contributed by atoms with Crippen molar-refractivity contribution >= 4 is 17.7 Å². The van der Waals surface area contributed by atoms with Gasteiger partial charge in [-0.3, -0.25) is 5.32 Å². The lowest BCUT2D eigenvalue weighted by Crippen LogP contribution is -2.53. The van der Waals surface area contributed by atoms with Gasteiger partial charge < -0.3 is 5.11 Å². The second-order valence-electron chi connectivity index (χ2n) is 4.60. The van der Waals surface area contributed by atoms with Gasteiger partial charge in [0.05, 0.1) is 0 Å². The van der Waals surface area contributed by atoms with Crippen LogP contribution in [-0.4, -0.2) is 22.9 Å². The number of rotatable bonds is 3. The minimum absolute atomic E-state index is 0.141. The minimum Gasteiger partial charge on any atom is -0.480 e. The van der Waals surface area contributed by atoms with Crippen molar-refractivity contribution in [3.8, 4) is 0 Å². The molecular weight excluding hydrogens is 234 g/mol. The summed E-state index contributed by atoms with van der Waals surface area (Å²) in [4.78, 5) is 12.8. The molecule has 1 aliphatic rings. The van der Waals surface area contributed by atoms with E-state index >= 15 is 0 Å². The number of fused-ring (bicyclic) bond motifs is 1. The number of benzene rings is 1. The Hall–Kier alpha value is -1.00. The topological polar surface area (TPSA) is 49.3 Å². The number of carbonyl (C=O) groups is 1. The van der Waals surface area contributed by atoms with Crippen LogP contribution in [0, 0.1) is 0 Å². The van der Waals surface area contributed by atoms with E-state index in [0.29, 0.717) is 6.42 Å². The van der Waals surface area contributed by atoms with Crippen LogP contribution in [0.4, 0.5) is 0 Å². The molecule has 92 valence electrons. The zero-order valence-electron chi connectivity index (χ0n) is 10.1. The number of carboxylic acid groups (broad SMARTS) is 1. The molecule has 4 heteroatoms. The first-order chi connectivity index (χ1) is 8.06. The summed E-state index contributed by atoms with van der Waals surface area (Å²) in [7, 11) is 0. The third-order valence-corrected chi connectivity index (χ3v) is 4.06. The molecule has 0 saturated heterocycles. The van der Waals surface area contributed by atoms with Crippen molar-refractivity contribution in [3.05, 3.63) is 29.8 Å². The van der Waals surface area contributed by atoms with Gasteiger partial charge in [-0.25, -0.2) is 4.79 Å². The van der Waals surface area contributed by atoms with E-state index in [1.807, 2.05) is 38.1 Å². The van der Waals surface area contributed by atoms with E-state index in [1.165, 1.54) is 0 Å². The third kappa shape index (κ3) is 2.19. The van der Waals surface area contributed by atoms with Crippen LogP contribution >= 0.6 is 11.8 Å². The predicted octanol–water partition coefficient (Wildman–Crippen LogP) is 2.46. The average molecular weight is 251 g/mol. The van der Waals surface area contributed by atoms with E-state index in [-0.39, 0.29) is 6.04 Å². The predicted molar refractivity (Wildman–Crippen MR) is 69.4 cm³/mol. The minimum atomic E-state index is -0.921. The summed E-state index contributed by atoms with van der Waals surface area (Å²) in [5, 5.41) is 12.9. The molecule has 1 aromatic carbocycles. The van der Waals surface area contributed by atoms with E-state index in [1.54, 1.807) is 11.8 Å². The molecule has 0 aliphatic carbocycles. The van der Waals surface area contributed by atoms with Crippen molar-refractivity contribution in [2.75, 3.05) is 5.75 Å². The molecule has 0 amide bonds. The van der Waals surface area contributed by atoms with Crippen LogP contribution in [-0.2, 0) is 10.3 Å². The smallest absolute Gasteiger partial charge is 0.328 e. The van der Waals surface area contributed by atoms with E-state index in [9.17, 15) is 9.90 Å². The summed E-state index contributed by atoms with van der Waals surface area (Å²) in [5.74, 6) is 0.0576. The molecule has 17 heavy (non-hydrogen) atoms. The largest absolute Gasteiger partial charge is 0.480 e. The van der Waals surface area contributed by atoms with Crippen LogP contribution in [0.1, 0.15) is 25.8 Å². The molecule has 1 heterocycles. The van der Waals surface area contributed by atoms with Crippen molar-refractivity contribution in [2.45, 2.75) is 36.7 Å². The fourth-order valence-electron chi connectivity index (χ4n) is 2.32. The molecule has 2 N–H and O–H groups in total. The standard InChI is InChI=1S/C13H17NO2S/c1-9(2)14-13(12(15)16)7-8-17-11-6-4-3-5-10(11)13/h3-6,9,14H,7-8H2,1-2H3,(H,15,16).